The molecule has 2 aliphatic heterocycles. The van der Waals surface area contributed by atoms with Crippen LogP contribution in [0.1, 0.15) is 56.1 Å². The van der Waals surface area contributed by atoms with Crippen LogP contribution >= 0.6 is 24.0 Å². The number of pyridine rings is 1. The van der Waals surface area contributed by atoms with E-state index in [1.54, 1.807) is 15.4 Å². The number of rotatable bonds is 3. The molecule has 1 amide bonds. The highest BCUT2D eigenvalue weighted by Gasteiger charge is 2.38. The van der Waals surface area contributed by atoms with E-state index in [0.717, 1.165) is 57.2 Å². The average molecular weight is 455 g/mol. The fourth-order valence-corrected chi connectivity index (χ4v) is 6.19. The van der Waals surface area contributed by atoms with Crippen molar-refractivity contribution in [1.29, 1.82) is 0 Å². The minimum absolute atomic E-state index is 0.0667. The summed E-state index contributed by atoms with van der Waals surface area (Å²) in [5.41, 5.74) is 1.96. The first-order valence-corrected chi connectivity index (χ1v) is 12.3. The van der Waals surface area contributed by atoms with Gasteiger partial charge in [-0.25, -0.2) is 4.98 Å². The van der Waals surface area contributed by atoms with Crippen molar-refractivity contribution in [2.45, 2.75) is 57.9 Å². The van der Waals surface area contributed by atoms with Gasteiger partial charge >= 0.3 is 0 Å². The fourth-order valence-electron chi connectivity index (χ4n) is 4.81. The van der Waals surface area contributed by atoms with Crippen molar-refractivity contribution in [3.63, 3.8) is 0 Å². The monoisotopic (exact) mass is 454 g/mol. The third-order valence-corrected chi connectivity index (χ3v) is 7.76. The number of carbonyl (C=O) groups is 1. The molecule has 3 fully saturated rings. The molecule has 3 aliphatic rings. The van der Waals surface area contributed by atoms with Crippen LogP contribution in [0, 0.1) is 6.92 Å². The number of aryl methyl sites for hydroxylation is 1. The summed E-state index contributed by atoms with van der Waals surface area (Å²) in [7, 11) is 0. The van der Waals surface area contributed by atoms with E-state index in [0.29, 0.717) is 26.3 Å². The van der Waals surface area contributed by atoms with Crippen LogP contribution in [0.2, 0.25) is 0 Å². The minimum atomic E-state index is -0.140. The molecular weight excluding hydrogens is 428 g/mol. The van der Waals surface area contributed by atoms with Gasteiger partial charge in [0.2, 0.25) is 0 Å². The molecule has 2 saturated heterocycles. The first-order valence-electron chi connectivity index (χ1n) is 11.1. The maximum absolute atomic E-state index is 13.5. The molecular formula is C23H26N4O2S2. The highest BCUT2D eigenvalue weighted by Crippen LogP contribution is 2.38. The van der Waals surface area contributed by atoms with Crippen molar-refractivity contribution >= 4 is 51.7 Å². The topological polar surface area (TPSA) is 57.9 Å². The normalized spacial score (nSPS) is 21.8. The number of hydrogen-bond acceptors (Lipinski definition) is 6. The Bertz CT molecular complexity index is 1140. The van der Waals surface area contributed by atoms with Crippen molar-refractivity contribution in [3.8, 4) is 0 Å². The van der Waals surface area contributed by atoms with Gasteiger partial charge in [-0.3, -0.25) is 18.9 Å². The molecule has 8 heteroatoms. The first kappa shape index (κ1) is 20.7. The second-order valence-corrected chi connectivity index (χ2v) is 10.3. The summed E-state index contributed by atoms with van der Waals surface area (Å²) in [6.07, 6.45) is 11.2. The van der Waals surface area contributed by atoms with Crippen molar-refractivity contribution in [3.05, 3.63) is 44.7 Å². The minimum Gasteiger partial charge on any atom is -0.356 e. The molecule has 2 aromatic heterocycles. The van der Waals surface area contributed by atoms with E-state index in [1.807, 2.05) is 25.3 Å². The van der Waals surface area contributed by atoms with E-state index in [4.69, 9.17) is 17.2 Å². The van der Waals surface area contributed by atoms with Crippen LogP contribution in [0.25, 0.3) is 11.7 Å². The Kier molecular flexibility index (Phi) is 5.60. The standard InChI is InChI=1S/C23H26N4O2S2/c1-15-9-10-19-24-20(25-11-5-6-12-25)17(21(28)26(19)14-15)13-18-22(29)27(23(30)31-18)16-7-3-2-4-8-16/h9-10,13-14,16H,2-8,11-12H2,1H3/b18-13+. The van der Waals surface area contributed by atoms with Crippen LogP contribution in [0.15, 0.2) is 28.0 Å². The summed E-state index contributed by atoms with van der Waals surface area (Å²) >= 11 is 6.89. The van der Waals surface area contributed by atoms with E-state index in [9.17, 15) is 9.59 Å². The van der Waals surface area contributed by atoms with Crippen LogP contribution in [0.3, 0.4) is 0 Å². The zero-order chi connectivity index (χ0) is 21.5. The molecule has 162 valence electrons. The molecule has 1 saturated carbocycles. The molecule has 0 unspecified atom stereocenters. The van der Waals surface area contributed by atoms with Gasteiger partial charge in [0.05, 0.1) is 10.5 Å². The number of fused-ring (bicyclic) bond motifs is 1. The van der Waals surface area contributed by atoms with Crippen LogP contribution in [0.4, 0.5) is 5.82 Å². The molecule has 2 aromatic rings. The number of aromatic nitrogens is 2. The largest absolute Gasteiger partial charge is 0.356 e. The van der Waals surface area contributed by atoms with Gasteiger partial charge in [-0.15, -0.1) is 0 Å². The van der Waals surface area contributed by atoms with Gasteiger partial charge in [-0.05, 0) is 50.3 Å². The number of carbonyl (C=O) groups excluding carboxylic acids is 1. The number of amides is 1. The van der Waals surface area contributed by atoms with Gasteiger partial charge in [-0.1, -0.05) is 49.3 Å². The van der Waals surface area contributed by atoms with Crippen molar-refractivity contribution in [2.75, 3.05) is 18.0 Å². The molecule has 1 aliphatic carbocycles. The van der Waals surface area contributed by atoms with Crippen LogP contribution in [-0.2, 0) is 4.79 Å². The molecule has 6 nitrogen and oxygen atoms in total. The average Bonchev–Trinajstić information content (AvgIpc) is 3.39. The molecule has 0 bridgehead atoms. The molecule has 5 rings (SSSR count). The molecule has 31 heavy (non-hydrogen) atoms. The highest BCUT2D eigenvalue weighted by atomic mass is 32.2. The summed E-state index contributed by atoms with van der Waals surface area (Å²) in [5, 5.41) is 0. The van der Waals surface area contributed by atoms with Crippen molar-refractivity contribution in [2.24, 2.45) is 0 Å². The van der Waals surface area contributed by atoms with Gasteiger partial charge in [0.1, 0.15) is 15.8 Å². The second kappa shape index (κ2) is 8.39. The predicted octanol–water partition coefficient (Wildman–Crippen LogP) is 4.14. The summed E-state index contributed by atoms with van der Waals surface area (Å²) in [5.74, 6) is 0.609. The van der Waals surface area contributed by atoms with Crippen LogP contribution < -0.4 is 10.5 Å². The summed E-state index contributed by atoms with van der Waals surface area (Å²) in [6, 6.07) is 4.02. The van der Waals surface area contributed by atoms with Gasteiger partial charge < -0.3 is 4.90 Å². The number of hydrogen-bond donors (Lipinski definition) is 0. The Morgan fingerprint density at radius 1 is 1.10 bits per heavy atom. The molecule has 0 spiro atoms. The maximum Gasteiger partial charge on any atom is 0.267 e. The van der Waals surface area contributed by atoms with E-state index in [2.05, 4.69) is 4.90 Å². The van der Waals surface area contributed by atoms with Gasteiger partial charge in [0.15, 0.2) is 0 Å². The Morgan fingerprint density at radius 3 is 2.58 bits per heavy atom. The van der Waals surface area contributed by atoms with Gasteiger partial charge in [0.25, 0.3) is 11.5 Å². The lowest BCUT2D eigenvalue weighted by molar-refractivity contribution is -0.124. The summed E-state index contributed by atoms with van der Waals surface area (Å²) in [6.45, 7) is 3.70. The number of thiocarbonyl (C=S) groups is 1. The van der Waals surface area contributed by atoms with Crippen molar-refractivity contribution < 1.29 is 4.79 Å². The lowest BCUT2D eigenvalue weighted by Crippen LogP contribution is -2.39. The van der Waals surface area contributed by atoms with E-state index in [-0.39, 0.29) is 17.5 Å². The highest BCUT2D eigenvalue weighted by molar-refractivity contribution is 8.26. The summed E-state index contributed by atoms with van der Waals surface area (Å²) < 4.78 is 2.19. The zero-order valence-electron chi connectivity index (χ0n) is 17.7. The molecule has 0 N–H and O–H groups in total. The number of nitrogens with zero attached hydrogens (tertiary/aromatic N) is 4. The van der Waals surface area contributed by atoms with E-state index < -0.39 is 0 Å². The maximum atomic E-state index is 13.5. The molecule has 0 atom stereocenters. The molecule has 0 aromatic carbocycles. The van der Waals surface area contributed by atoms with E-state index >= 15 is 0 Å². The smallest absolute Gasteiger partial charge is 0.267 e. The van der Waals surface area contributed by atoms with E-state index in [1.165, 1.54) is 18.2 Å². The zero-order valence-corrected chi connectivity index (χ0v) is 19.3. The molecule has 0 radical (unpaired) electrons. The van der Waals surface area contributed by atoms with Gasteiger partial charge in [-0.2, -0.15) is 0 Å². The molecule has 4 heterocycles. The lowest BCUT2D eigenvalue weighted by atomic mass is 9.94. The summed E-state index contributed by atoms with van der Waals surface area (Å²) in [4.78, 5) is 36.1. The van der Waals surface area contributed by atoms with Crippen LogP contribution in [0.5, 0.6) is 0 Å². The van der Waals surface area contributed by atoms with Crippen molar-refractivity contribution in [1.82, 2.24) is 14.3 Å². The first-order chi connectivity index (χ1) is 15.0. The van der Waals surface area contributed by atoms with Gasteiger partial charge in [0, 0.05) is 25.3 Å². The number of anilines is 1. The Labute approximate surface area is 191 Å². The SMILES string of the molecule is Cc1ccc2nc(N3CCCC3)c(/C=C3/SC(=S)N(C4CCCCC4)C3=O)c(=O)n2c1. The lowest BCUT2D eigenvalue weighted by Gasteiger charge is -2.29. The Morgan fingerprint density at radius 2 is 1.84 bits per heavy atom. The fraction of sp³-hybridized carbons (Fsp3) is 0.478. The van der Waals surface area contributed by atoms with Crippen LogP contribution in [-0.4, -0.2) is 43.6 Å². The quantitative estimate of drug-likeness (QED) is 0.513. The third-order valence-electron chi connectivity index (χ3n) is 6.43. The number of thioether (sulfide) groups is 1. The second-order valence-electron chi connectivity index (χ2n) is 8.63. The third kappa shape index (κ3) is 3.80. The predicted molar refractivity (Wildman–Crippen MR) is 130 cm³/mol. The Hall–Kier alpha value is -2.19. The Balaban J connectivity index is 1.60.